The number of aryl methyl sites for hydroxylation is 2. The summed E-state index contributed by atoms with van der Waals surface area (Å²) in [4.78, 5) is 0. The molecule has 4 nitrogen and oxygen atoms in total. The lowest BCUT2D eigenvalue weighted by molar-refractivity contribution is 0.179. The summed E-state index contributed by atoms with van der Waals surface area (Å²) in [6.45, 7) is 5.11. The smallest absolute Gasteiger partial charge is 0.256 e. The molecule has 2 aromatic rings. The lowest BCUT2D eigenvalue weighted by Crippen LogP contribution is -2.05. The first-order valence-electron chi connectivity index (χ1n) is 5.29. The van der Waals surface area contributed by atoms with Crippen LogP contribution in [-0.4, -0.2) is 10.2 Å². The van der Waals surface area contributed by atoms with E-state index in [2.05, 4.69) is 10.2 Å². The normalized spacial score (nSPS) is 12.5. The van der Waals surface area contributed by atoms with Crippen molar-refractivity contribution in [1.82, 2.24) is 10.2 Å². The van der Waals surface area contributed by atoms with Crippen LogP contribution in [0.3, 0.4) is 0 Å². The molecule has 90 valence electrons. The summed E-state index contributed by atoms with van der Waals surface area (Å²) in [6, 6.07) is 4.99. The Morgan fingerprint density at radius 2 is 2.06 bits per heavy atom. The maximum atomic E-state index is 13.7. The fourth-order valence-electron chi connectivity index (χ4n) is 1.43. The quantitative estimate of drug-likeness (QED) is 0.822. The number of rotatable bonds is 3. The minimum Gasteiger partial charge on any atom is -0.478 e. The average Bonchev–Trinajstić information content (AvgIpc) is 2.72. The molecule has 2 rings (SSSR count). The summed E-state index contributed by atoms with van der Waals surface area (Å²) in [5.41, 5.74) is 0.538. The highest BCUT2D eigenvalue weighted by Gasteiger charge is 2.16. The molecule has 0 aliphatic rings. The van der Waals surface area contributed by atoms with Crippen molar-refractivity contribution in [1.29, 1.82) is 0 Å². The molecule has 0 spiro atoms. The molecule has 0 bridgehead atoms. The van der Waals surface area contributed by atoms with Crippen LogP contribution in [-0.2, 0) is 0 Å². The number of hydrogen-bond donors (Lipinski definition) is 0. The van der Waals surface area contributed by atoms with Crippen LogP contribution in [0.4, 0.5) is 4.39 Å². The van der Waals surface area contributed by atoms with Gasteiger partial charge in [-0.2, -0.15) is 0 Å². The second-order valence-electron chi connectivity index (χ2n) is 3.81. The standard InChI is InChI=1S/C12H13FN2O2/c1-7-5-4-6-10(11(7)13)16-8(2)12-15-14-9(3)17-12/h4-6,8H,1-3H3. The van der Waals surface area contributed by atoms with E-state index in [1.807, 2.05) is 0 Å². The van der Waals surface area contributed by atoms with Crippen LogP contribution in [0.15, 0.2) is 22.6 Å². The van der Waals surface area contributed by atoms with Gasteiger partial charge in [0.25, 0.3) is 5.89 Å². The third kappa shape index (κ3) is 2.43. The fourth-order valence-corrected chi connectivity index (χ4v) is 1.43. The summed E-state index contributed by atoms with van der Waals surface area (Å²) >= 11 is 0. The monoisotopic (exact) mass is 236 g/mol. The van der Waals surface area contributed by atoms with Crippen LogP contribution >= 0.6 is 0 Å². The molecule has 0 N–H and O–H groups in total. The lowest BCUT2D eigenvalue weighted by atomic mass is 10.2. The molecule has 0 saturated carbocycles. The molecule has 0 amide bonds. The predicted molar refractivity (Wildman–Crippen MR) is 59.2 cm³/mol. The minimum atomic E-state index is -0.479. The average molecular weight is 236 g/mol. The highest BCUT2D eigenvalue weighted by atomic mass is 19.1. The van der Waals surface area contributed by atoms with Crippen molar-refractivity contribution in [2.75, 3.05) is 0 Å². The number of hydrogen-bond acceptors (Lipinski definition) is 4. The van der Waals surface area contributed by atoms with Gasteiger partial charge < -0.3 is 9.15 Å². The van der Waals surface area contributed by atoms with Crippen molar-refractivity contribution in [2.45, 2.75) is 26.9 Å². The summed E-state index contributed by atoms with van der Waals surface area (Å²) in [5.74, 6) is 0.618. The Morgan fingerprint density at radius 1 is 1.29 bits per heavy atom. The third-order valence-corrected chi connectivity index (χ3v) is 2.35. The van der Waals surface area contributed by atoms with Gasteiger partial charge in [-0.15, -0.1) is 10.2 Å². The van der Waals surface area contributed by atoms with Gasteiger partial charge in [-0.3, -0.25) is 0 Å². The van der Waals surface area contributed by atoms with Crippen molar-refractivity contribution in [3.05, 3.63) is 41.4 Å². The second kappa shape index (κ2) is 4.53. The molecule has 1 unspecified atom stereocenters. The predicted octanol–water partition coefficient (Wildman–Crippen LogP) is 2.97. The van der Waals surface area contributed by atoms with E-state index >= 15 is 0 Å². The Morgan fingerprint density at radius 3 is 2.71 bits per heavy atom. The van der Waals surface area contributed by atoms with Gasteiger partial charge in [0.2, 0.25) is 5.89 Å². The zero-order chi connectivity index (χ0) is 12.4. The Kier molecular flexibility index (Phi) is 3.08. The molecule has 0 radical (unpaired) electrons. The first-order chi connectivity index (χ1) is 8.08. The van der Waals surface area contributed by atoms with Gasteiger partial charge in [0.05, 0.1) is 0 Å². The minimum absolute atomic E-state index is 0.188. The van der Waals surface area contributed by atoms with Crippen LogP contribution in [0.25, 0.3) is 0 Å². The molecule has 1 heterocycles. The Balaban J connectivity index is 2.18. The first kappa shape index (κ1) is 11.6. The zero-order valence-electron chi connectivity index (χ0n) is 9.90. The van der Waals surface area contributed by atoms with E-state index in [0.29, 0.717) is 17.3 Å². The summed E-state index contributed by atoms with van der Waals surface area (Å²) in [6.07, 6.45) is -0.479. The van der Waals surface area contributed by atoms with Crippen LogP contribution in [0.1, 0.15) is 30.4 Å². The largest absolute Gasteiger partial charge is 0.478 e. The lowest BCUT2D eigenvalue weighted by Gasteiger charge is -2.12. The number of aromatic nitrogens is 2. The zero-order valence-corrected chi connectivity index (χ0v) is 9.90. The molecule has 0 aliphatic carbocycles. The highest BCUT2D eigenvalue weighted by Crippen LogP contribution is 2.25. The fraction of sp³-hybridized carbons (Fsp3) is 0.333. The summed E-state index contributed by atoms with van der Waals surface area (Å²) in [5, 5.41) is 7.53. The van der Waals surface area contributed by atoms with Crippen molar-refractivity contribution in [3.8, 4) is 5.75 Å². The second-order valence-corrected chi connectivity index (χ2v) is 3.81. The van der Waals surface area contributed by atoms with E-state index in [1.54, 1.807) is 39.0 Å². The molecular weight excluding hydrogens is 223 g/mol. The van der Waals surface area contributed by atoms with Gasteiger partial charge in [0.1, 0.15) is 0 Å². The van der Waals surface area contributed by atoms with Gasteiger partial charge in [0.15, 0.2) is 17.7 Å². The Hall–Kier alpha value is -1.91. The van der Waals surface area contributed by atoms with E-state index < -0.39 is 6.10 Å². The maximum absolute atomic E-state index is 13.7. The molecular formula is C12H13FN2O2. The van der Waals surface area contributed by atoms with Crippen LogP contribution < -0.4 is 4.74 Å². The molecule has 1 atom stereocenters. The highest BCUT2D eigenvalue weighted by molar-refractivity contribution is 5.30. The van der Waals surface area contributed by atoms with E-state index in [9.17, 15) is 4.39 Å². The SMILES string of the molecule is Cc1nnc(C(C)Oc2cccc(C)c2F)o1. The summed E-state index contributed by atoms with van der Waals surface area (Å²) < 4.78 is 24.4. The van der Waals surface area contributed by atoms with Gasteiger partial charge in [-0.05, 0) is 25.5 Å². The van der Waals surface area contributed by atoms with Crippen molar-refractivity contribution >= 4 is 0 Å². The van der Waals surface area contributed by atoms with E-state index in [-0.39, 0.29) is 11.6 Å². The van der Waals surface area contributed by atoms with Crippen LogP contribution in [0, 0.1) is 19.7 Å². The van der Waals surface area contributed by atoms with Crippen LogP contribution in [0.2, 0.25) is 0 Å². The van der Waals surface area contributed by atoms with E-state index in [1.165, 1.54) is 0 Å². The third-order valence-electron chi connectivity index (χ3n) is 2.35. The number of benzene rings is 1. The molecule has 5 heteroatoms. The van der Waals surface area contributed by atoms with Gasteiger partial charge in [-0.25, -0.2) is 4.39 Å². The molecule has 1 aromatic carbocycles. The van der Waals surface area contributed by atoms with Gasteiger partial charge in [0, 0.05) is 6.92 Å². The molecule has 0 saturated heterocycles. The Bertz CT molecular complexity index is 525. The number of halogens is 1. The van der Waals surface area contributed by atoms with E-state index in [4.69, 9.17) is 9.15 Å². The number of ether oxygens (including phenoxy) is 1. The summed E-state index contributed by atoms with van der Waals surface area (Å²) in [7, 11) is 0. The Labute approximate surface area is 98.4 Å². The van der Waals surface area contributed by atoms with Crippen molar-refractivity contribution in [2.24, 2.45) is 0 Å². The first-order valence-corrected chi connectivity index (χ1v) is 5.29. The number of nitrogens with zero attached hydrogens (tertiary/aromatic N) is 2. The molecule has 17 heavy (non-hydrogen) atoms. The van der Waals surface area contributed by atoms with E-state index in [0.717, 1.165) is 0 Å². The topological polar surface area (TPSA) is 48.2 Å². The van der Waals surface area contributed by atoms with Crippen LogP contribution in [0.5, 0.6) is 5.75 Å². The molecule has 1 aromatic heterocycles. The molecule has 0 aliphatic heterocycles. The van der Waals surface area contributed by atoms with Gasteiger partial charge in [-0.1, -0.05) is 12.1 Å². The van der Waals surface area contributed by atoms with Crippen molar-refractivity contribution < 1.29 is 13.5 Å². The van der Waals surface area contributed by atoms with Crippen molar-refractivity contribution in [3.63, 3.8) is 0 Å². The maximum Gasteiger partial charge on any atom is 0.256 e. The molecule has 0 fully saturated rings. The van der Waals surface area contributed by atoms with Gasteiger partial charge >= 0.3 is 0 Å².